The fourth-order valence-corrected chi connectivity index (χ4v) is 2.49. The Balaban J connectivity index is 0.00000128. The second-order valence-corrected chi connectivity index (χ2v) is 4.38. The number of halogens is 1. The molecule has 0 saturated carbocycles. The maximum absolute atomic E-state index is 3.30. The Morgan fingerprint density at radius 1 is 1.38 bits per heavy atom. The number of hydrogen-bond donors (Lipinski definition) is 1. The third-order valence-corrected chi connectivity index (χ3v) is 3.28. The number of benzene rings is 1. The Kier molecular flexibility index (Phi) is 5.10. The molecule has 2 rings (SSSR count). The van der Waals surface area contributed by atoms with Gasteiger partial charge >= 0.3 is 0 Å². The molecule has 2 nitrogen and oxygen atoms in total. The van der Waals surface area contributed by atoms with Crippen LogP contribution in [-0.4, -0.2) is 27.2 Å². The molecule has 0 saturated heterocycles. The normalized spacial score (nSPS) is 19.6. The van der Waals surface area contributed by atoms with Crippen LogP contribution in [0.25, 0.3) is 0 Å². The molecule has 0 bridgehead atoms. The molecule has 0 spiro atoms. The lowest BCUT2D eigenvalue weighted by atomic mass is 9.94. The molecule has 0 amide bonds. The molecule has 0 fully saturated rings. The minimum Gasteiger partial charge on any atom is -0.374 e. The smallest absolute Gasteiger partial charge is 0.0399 e. The van der Waals surface area contributed by atoms with Gasteiger partial charge in [0.05, 0.1) is 0 Å². The van der Waals surface area contributed by atoms with Crippen LogP contribution in [-0.2, 0) is 0 Å². The summed E-state index contributed by atoms with van der Waals surface area (Å²) in [6.07, 6.45) is 2.58. The molecule has 1 aromatic carbocycles. The second-order valence-electron chi connectivity index (χ2n) is 4.38. The second kappa shape index (κ2) is 6.12. The molecular weight excluding hydrogens is 220 g/mol. The van der Waals surface area contributed by atoms with Crippen molar-refractivity contribution in [3.63, 3.8) is 0 Å². The van der Waals surface area contributed by atoms with Crippen molar-refractivity contribution >= 4 is 18.1 Å². The first-order valence-corrected chi connectivity index (χ1v) is 5.77. The van der Waals surface area contributed by atoms with Gasteiger partial charge in [0.25, 0.3) is 0 Å². The first-order valence-electron chi connectivity index (χ1n) is 5.77. The van der Waals surface area contributed by atoms with Crippen LogP contribution in [0.1, 0.15) is 24.3 Å². The van der Waals surface area contributed by atoms with E-state index >= 15 is 0 Å². The Morgan fingerprint density at radius 2 is 2.12 bits per heavy atom. The van der Waals surface area contributed by atoms with E-state index < -0.39 is 0 Å². The van der Waals surface area contributed by atoms with Gasteiger partial charge in [-0.05, 0) is 37.4 Å². The van der Waals surface area contributed by atoms with Crippen LogP contribution in [0, 0.1) is 0 Å². The highest BCUT2D eigenvalue weighted by molar-refractivity contribution is 5.85. The third kappa shape index (κ3) is 2.69. The fraction of sp³-hybridized carbons (Fsp3) is 0.538. The predicted molar refractivity (Wildman–Crippen MR) is 72.9 cm³/mol. The molecule has 1 N–H and O–H groups in total. The molecule has 90 valence electrons. The van der Waals surface area contributed by atoms with Gasteiger partial charge < -0.3 is 10.2 Å². The van der Waals surface area contributed by atoms with Crippen LogP contribution in [0.2, 0.25) is 0 Å². The van der Waals surface area contributed by atoms with Crippen molar-refractivity contribution in [2.45, 2.75) is 18.8 Å². The van der Waals surface area contributed by atoms with E-state index in [9.17, 15) is 0 Å². The molecule has 16 heavy (non-hydrogen) atoms. The molecule has 0 aromatic heterocycles. The molecule has 1 aliphatic heterocycles. The van der Waals surface area contributed by atoms with Crippen molar-refractivity contribution in [2.75, 3.05) is 32.1 Å². The maximum atomic E-state index is 3.30. The van der Waals surface area contributed by atoms with Gasteiger partial charge in [-0.3, -0.25) is 0 Å². The zero-order valence-electron chi connectivity index (χ0n) is 10.1. The molecule has 1 heterocycles. The number of nitrogens with one attached hydrogen (secondary N) is 1. The molecule has 1 aliphatic rings. The van der Waals surface area contributed by atoms with Crippen LogP contribution < -0.4 is 10.2 Å². The van der Waals surface area contributed by atoms with Crippen molar-refractivity contribution in [3.05, 3.63) is 29.8 Å². The lowest BCUT2D eigenvalue weighted by Crippen LogP contribution is -2.18. The first-order chi connectivity index (χ1) is 7.33. The highest BCUT2D eigenvalue weighted by Crippen LogP contribution is 2.32. The van der Waals surface area contributed by atoms with E-state index in [4.69, 9.17) is 0 Å². The van der Waals surface area contributed by atoms with Gasteiger partial charge in [-0.15, -0.1) is 12.4 Å². The zero-order chi connectivity index (χ0) is 10.7. The van der Waals surface area contributed by atoms with Gasteiger partial charge in [0.15, 0.2) is 0 Å². The Morgan fingerprint density at radius 3 is 2.88 bits per heavy atom. The van der Waals surface area contributed by atoms with Crippen molar-refractivity contribution < 1.29 is 0 Å². The molecule has 1 atom stereocenters. The number of hydrogen-bond acceptors (Lipinski definition) is 2. The van der Waals surface area contributed by atoms with Gasteiger partial charge in [-0.25, -0.2) is 0 Å². The van der Waals surface area contributed by atoms with E-state index in [1.54, 1.807) is 0 Å². The van der Waals surface area contributed by atoms with Gasteiger partial charge in [0.2, 0.25) is 0 Å². The van der Waals surface area contributed by atoms with E-state index in [0.717, 1.165) is 6.54 Å². The molecule has 3 heteroatoms. The summed E-state index contributed by atoms with van der Waals surface area (Å²) in [5.41, 5.74) is 2.92. The summed E-state index contributed by atoms with van der Waals surface area (Å²) in [4.78, 5) is 2.38. The summed E-state index contributed by atoms with van der Waals surface area (Å²) >= 11 is 0. The summed E-state index contributed by atoms with van der Waals surface area (Å²) < 4.78 is 0. The largest absolute Gasteiger partial charge is 0.374 e. The average Bonchev–Trinajstić information content (AvgIpc) is 2.41. The quantitative estimate of drug-likeness (QED) is 0.855. The lowest BCUT2D eigenvalue weighted by Gasteiger charge is -2.21. The molecule has 0 aliphatic carbocycles. The minimum atomic E-state index is 0. The summed E-state index contributed by atoms with van der Waals surface area (Å²) in [7, 11) is 4.23. The van der Waals surface area contributed by atoms with E-state index in [1.807, 2.05) is 7.05 Å². The fourth-order valence-electron chi connectivity index (χ4n) is 2.49. The van der Waals surface area contributed by atoms with Crippen LogP contribution >= 0.6 is 12.4 Å². The number of nitrogens with zero attached hydrogens (tertiary/aromatic N) is 1. The van der Waals surface area contributed by atoms with Crippen LogP contribution in [0.3, 0.4) is 0 Å². The standard InChI is InChI=1S/C13H20N2.ClH/c1-14-10-11-6-5-9-15(2)13-8-4-3-7-12(11)13;/h3-4,7-8,11,14H,5-6,9-10H2,1-2H3;1H. The minimum absolute atomic E-state index is 0. The molecular formula is C13H21ClN2. The van der Waals surface area contributed by atoms with E-state index in [1.165, 1.54) is 30.6 Å². The van der Waals surface area contributed by atoms with Crippen molar-refractivity contribution in [1.82, 2.24) is 5.32 Å². The molecule has 1 unspecified atom stereocenters. The van der Waals surface area contributed by atoms with Crippen molar-refractivity contribution in [2.24, 2.45) is 0 Å². The van der Waals surface area contributed by atoms with Crippen LogP contribution in [0.5, 0.6) is 0 Å². The third-order valence-electron chi connectivity index (χ3n) is 3.28. The van der Waals surface area contributed by atoms with Gasteiger partial charge in [-0.2, -0.15) is 0 Å². The van der Waals surface area contributed by atoms with Crippen molar-refractivity contribution in [3.8, 4) is 0 Å². The number of likely N-dealkylation sites (N-methyl/N-ethyl adjacent to an activating group) is 1. The Bertz CT molecular complexity index is 327. The summed E-state index contributed by atoms with van der Waals surface area (Å²) in [6, 6.07) is 8.81. The summed E-state index contributed by atoms with van der Waals surface area (Å²) in [6.45, 7) is 2.27. The average molecular weight is 241 g/mol. The Hall–Kier alpha value is -0.730. The van der Waals surface area contributed by atoms with Gasteiger partial charge in [-0.1, -0.05) is 18.2 Å². The van der Waals surface area contributed by atoms with E-state index in [2.05, 4.69) is 41.5 Å². The zero-order valence-corrected chi connectivity index (χ0v) is 10.9. The van der Waals surface area contributed by atoms with E-state index in [0.29, 0.717) is 5.92 Å². The van der Waals surface area contributed by atoms with E-state index in [-0.39, 0.29) is 12.4 Å². The summed E-state index contributed by atoms with van der Waals surface area (Å²) in [5, 5.41) is 3.30. The maximum Gasteiger partial charge on any atom is 0.0399 e. The van der Waals surface area contributed by atoms with Crippen molar-refractivity contribution in [1.29, 1.82) is 0 Å². The predicted octanol–water partition coefficient (Wildman–Crippen LogP) is 2.64. The number of para-hydroxylation sites is 1. The molecule has 0 radical (unpaired) electrons. The number of anilines is 1. The Labute approximate surface area is 104 Å². The molecule has 1 aromatic rings. The van der Waals surface area contributed by atoms with Gasteiger partial charge in [0, 0.05) is 25.8 Å². The highest BCUT2D eigenvalue weighted by Gasteiger charge is 2.19. The monoisotopic (exact) mass is 240 g/mol. The number of fused-ring (bicyclic) bond motifs is 1. The SMILES string of the molecule is CNCC1CCCN(C)c2ccccc21.Cl. The van der Waals surface area contributed by atoms with Crippen LogP contribution in [0.15, 0.2) is 24.3 Å². The topological polar surface area (TPSA) is 15.3 Å². The first kappa shape index (κ1) is 13.3. The number of rotatable bonds is 2. The summed E-state index contributed by atoms with van der Waals surface area (Å²) in [5.74, 6) is 0.677. The lowest BCUT2D eigenvalue weighted by molar-refractivity contribution is 0.576. The van der Waals surface area contributed by atoms with Gasteiger partial charge in [0.1, 0.15) is 0 Å². The highest BCUT2D eigenvalue weighted by atomic mass is 35.5. The van der Waals surface area contributed by atoms with Crippen LogP contribution in [0.4, 0.5) is 5.69 Å².